The molecule has 0 fully saturated rings. The molecule has 0 aliphatic rings. The first-order valence-corrected chi connectivity index (χ1v) is 4.02. The van der Waals surface area contributed by atoms with Gasteiger partial charge in [-0.25, -0.2) is 0 Å². The van der Waals surface area contributed by atoms with Crippen molar-refractivity contribution in [3.05, 3.63) is 18.2 Å². The van der Waals surface area contributed by atoms with Crippen molar-refractivity contribution in [3.8, 4) is 5.75 Å². The Bertz CT molecular complexity index is 339. The third-order valence-electron chi connectivity index (χ3n) is 1.69. The van der Waals surface area contributed by atoms with Gasteiger partial charge in [-0.3, -0.25) is 4.79 Å². The van der Waals surface area contributed by atoms with E-state index in [1.54, 1.807) is 18.2 Å². The summed E-state index contributed by atoms with van der Waals surface area (Å²) in [5.74, 6) is -0.306. The number of nitrogen functional groups attached to an aromatic ring is 1. The SMILES string of the molecule is COc1ccc(N)c(NCC(=O)O)c1. The molecule has 5 heteroatoms. The van der Waals surface area contributed by atoms with E-state index < -0.39 is 5.97 Å². The minimum absolute atomic E-state index is 0.169. The first kappa shape index (κ1) is 10.2. The summed E-state index contributed by atoms with van der Waals surface area (Å²) in [7, 11) is 1.53. The van der Waals surface area contributed by atoms with E-state index in [9.17, 15) is 4.79 Å². The van der Waals surface area contributed by atoms with E-state index in [1.165, 1.54) is 7.11 Å². The normalized spacial score (nSPS) is 9.50. The van der Waals surface area contributed by atoms with Crippen molar-refractivity contribution in [2.45, 2.75) is 0 Å². The van der Waals surface area contributed by atoms with Gasteiger partial charge in [0.1, 0.15) is 12.3 Å². The van der Waals surface area contributed by atoms with Gasteiger partial charge in [-0.2, -0.15) is 0 Å². The quantitative estimate of drug-likeness (QED) is 0.619. The molecule has 0 aliphatic carbocycles. The van der Waals surface area contributed by atoms with E-state index in [4.69, 9.17) is 15.6 Å². The van der Waals surface area contributed by atoms with E-state index in [0.717, 1.165) is 0 Å². The minimum Gasteiger partial charge on any atom is -0.497 e. The predicted molar refractivity (Wildman–Crippen MR) is 53.5 cm³/mol. The van der Waals surface area contributed by atoms with Crippen LogP contribution in [0.25, 0.3) is 0 Å². The van der Waals surface area contributed by atoms with Crippen LogP contribution in [-0.2, 0) is 4.79 Å². The van der Waals surface area contributed by atoms with Gasteiger partial charge in [-0.15, -0.1) is 0 Å². The summed E-state index contributed by atoms with van der Waals surface area (Å²) >= 11 is 0. The molecule has 0 heterocycles. The Morgan fingerprint density at radius 2 is 2.36 bits per heavy atom. The van der Waals surface area contributed by atoms with Crippen LogP contribution in [0.2, 0.25) is 0 Å². The molecule has 0 saturated carbocycles. The van der Waals surface area contributed by atoms with Gasteiger partial charge >= 0.3 is 5.97 Å². The number of carboxylic acids is 1. The van der Waals surface area contributed by atoms with Crippen molar-refractivity contribution in [2.24, 2.45) is 0 Å². The second-order valence-electron chi connectivity index (χ2n) is 2.70. The Labute approximate surface area is 81.5 Å². The number of rotatable bonds is 4. The van der Waals surface area contributed by atoms with Crippen LogP contribution in [0.5, 0.6) is 5.75 Å². The van der Waals surface area contributed by atoms with Gasteiger partial charge in [0.15, 0.2) is 0 Å². The molecular weight excluding hydrogens is 184 g/mol. The Morgan fingerprint density at radius 1 is 1.64 bits per heavy atom. The van der Waals surface area contributed by atoms with Crippen molar-refractivity contribution in [3.63, 3.8) is 0 Å². The molecule has 14 heavy (non-hydrogen) atoms. The molecule has 0 aliphatic heterocycles. The maximum absolute atomic E-state index is 10.3. The number of methoxy groups -OCH3 is 1. The lowest BCUT2D eigenvalue weighted by Gasteiger charge is -2.08. The molecule has 0 bridgehead atoms. The van der Waals surface area contributed by atoms with Gasteiger partial charge in [-0.05, 0) is 12.1 Å². The number of hydrogen-bond donors (Lipinski definition) is 3. The summed E-state index contributed by atoms with van der Waals surface area (Å²) in [5, 5.41) is 11.1. The van der Waals surface area contributed by atoms with Crippen LogP contribution in [0.3, 0.4) is 0 Å². The van der Waals surface area contributed by atoms with Crippen molar-refractivity contribution in [2.75, 3.05) is 24.7 Å². The van der Waals surface area contributed by atoms with Crippen LogP contribution < -0.4 is 15.8 Å². The van der Waals surface area contributed by atoms with E-state index in [-0.39, 0.29) is 6.54 Å². The topological polar surface area (TPSA) is 84.6 Å². The summed E-state index contributed by atoms with van der Waals surface area (Å²) in [4.78, 5) is 10.3. The van der Waals surface area contributed by atoms with Gasteiger partial charge in [0.05, 0.1) is 18.5 Å². The molecular formula is C9H12N2O3. The fraction of sp³-hybridized carbons (Fsp3) is 0.222. The summed E-state index contributed by atoms with van der Waals surface area (Å²) in [5.41, 5.74) is 6.67. The van der Waals surface area contributed by atoms with Gasteiger partial charge in [0, 0.05) is 6.07 Å². The molecule has 76 valence electrons. The number of aliphatic carboxylic acids is 1. The van der Waals surface area contributed by atoms with E-state index >= 15 is 0 Å². The zero-order chi connectivity index (χ0) is 10.6. The highest BCUT2D eigenvalue weighted by Crippen LogP contribution is 2.23. The molecule has 0 spiro atoms. The van der Waals surface area contributed by atoms with E-state index in [0.29, 0.717) is 17.1 Å². The molecule has 0 saturated heterocycles. The van der Waals surface area contributed by atoms with Crippen molar-refractivity contribution in [1.82, 2.24) is 0 Å². The molecule has 0 radical (unpaired) electrons. The van der Waals surface area contributed by atoms with Crippen LogP contribution in [0.15, 0.2) is 18.2 Å². The summed E-state index contributed by atoms with van der Waals surface area (Å²) in [6.45, 7) is -0.169. The largest absolute Gasteiger partial charge is 0.497 e. The monoisotopic (exact) mass is 196 g/mol. The van der Waals surface area contributed by atoms with Gasteiger partial charge < -0.3 is 20.9 Å². The van der Waals surface area contributed by atoms with Crippen molar-refractivity contribution in [1.29, 1.82) is 0 Å². The Kier molecular flexibility index (Phi) is 3.17. The van der Waals surface area contributed by atoms with Crippen molar-refractivity contribution < 1.29 is 14.6 Å². The Balaban J connectivity index is 2.78. The number of carboxylic acid groups (broad SMARTS) is 1. The van der Waals surface area contributed by atoms with Crippen LogP contribution in [-0.4, -0.2) is 24.7 Å². The number of anilines is 2. The fourth-order valence-corrected chi connectivity index (χ4v) is 0.986. The number of nitrogens with two attached hydrogens (primary N) is 1. The maximum Gasteiger partial charge on any atom is 0.322 e. The molecule has 0 amide bonds. The van der Waals surface area contributed by atoms with Gasteiger partial charge in [0.2, 0.25) is 0 Å². The molecule has 5 nitrogen and oxygen atoms in total. The average molecular weight is 196 g/mol. The molecule has 1 aromatic carbocycles. The van der Waals surface area contributed by atoms with E-state index in [2.05, 4.69) is 5.32 Å². The lowest BCUT2D eigenvalue weighted by Crippen LogP contribution is -2.13. The second-order valence-corrected chi connectivity index (χ2v) is 2.70. The first-order valence-electron chi connectivity index (χ1n) is 4.02. The van der Waals surface area contributed by atoms with Crippen LogP contribution in [0.4, 0.5) is 11.4 Å². The molecule has 1 aromatic rings. The lowest BCUT2D eigenvalue weighted by molar-refractivity contribution is -0.134. The van der Waals surface area contributed by atoms with Crippen LogP contribution in [0.1, 0.15) is 0 Å². The van der Waals surface area contributed by atoms with Crippen LogP contribution in [0, 0.1) is 0 Å². The fourth-order valence-electron chi connectivity index (χ4n) is 0.986. The standard InChI is InChI=1S/C9H12N2O3/c1-14-6-2-3-7(10)8(4-6)11-5-9(12)13/h2-4,11H,5,10H2,1H3,(H,12,13). The zero-order valence-electron chi connectivity index (χ0n) is 7.78. The molecule has 0 atom stereocenters. The number of ether oxygens (including phenoxy) is 1. The van der Waals surface area contributed by atoms with Crippen molar-refractivity contribution >= 4 is 17.3 Å². The highest BCUT2D eigenvalue weighted by Gasteiger charge is 2.02. The average Bonchev–Trinajstić information content (AvgIpc) is 2.16. The highest BCUT2D eigenvalue weighted by atomic mass is 16.5. The highest BCUT2D eigenvalue weighted by molar-refractivity contribution is 5.76. The summed E-state index contributed by atoms with van der Waals surface area (Å²) in [6.07, 6.45) is 0. The van der Waals surface area contributed by atoms with Gasteiger partial charge in [-0.1, -0.05) is 0 Å². The smallest absolute Gasteiger partial charge is 0.322 e. The zero-order valence-corrected chi connectivity index (χ0v) is 7.78. The lowest BCUT2D eigenvalue weighted by atomic mass is 10.2. The maximum atomic E-state index is 10.3. The molecule has 4 N–H and O–H groups in total. The first-order chi connectivity index (χ1) is 6.63. The summed E-state index contributed by atoms with van der Waals surface area (Å²) < 4.78 is 4.97. The number of benzene rings is 1. The minimum atomic E-state index is -0.938. The number of nitrogens with one attached hydrogen (secondary N) is 1. The third-order valence-corrected chi connectivity index (χ3v) is 1.69. The Hall–Kier alpha value is -1.91. The number of hydrogen-bond acceptors (Lipinski definition) is 4. The molecule has 0 aromatic heterocycles. The Morgan fingerprint density at radius 3 is 2.93 bits per heavy atom. The summed E-state index contributed by atoms with van der Waals surface area (Å²) in [6, 6.07) is 5.02. The molecule has 1 rings (SSSR count). The predicted octanol–water partition coefficient (Wildman–Crippen LogP) is 0.774. The molecule has 0 unspecified atom stereocenters. The second kappa shape index (κ2) is 4.36. The van der Waals surface area contributed by atoms with E-state index in [1.807, 2.05) is 0 Å². The van der Waals surface area contributed by atoms with Gasteiger partial charge in [0.25, 0.3) is 0 Å². The number of carbonyl (C=O) groups is 1. The third kappa shape index (κ3) is 2.55. The van der Waals surface area contributed by atoms with Crippen LogP contribution >= 0.6 is 0 Å².